The molecular weight excluding hydrogens is 330 g/mol. The first-order valence-electron chi connectivity index (χ1n) is 8.24. The molecule has 0 heterocycles. The Bertz CT molecular complexity index is 802. The number of ether oxygens (including phenoxy) is 3. The number of rotatable bonds is 6. The summed E-state index contributed by atoms with van der Waals surface area (Å²) in [7, 11) is 6.44. The molecule has 2 aromatic carbocycles. The van der Waals surface area contributed by atoms with Gasteiger partial charge in [0.25, 0.3) is 5.91 Å². The number of nitrogens with zero attached hydrogens (tertiary/aromatic N) is 1. The maximum absolute atomic E-state index is 12.6. The third-order valence-corrected chi connectivity index (χ3v) is 4.16. The number of carbonyl (C=O) groups is 1. The summed E-state index contributed by atoms with van der Waals surface area (Å²) in [4.78, 5) is 14.2. The van der Waals surface area contributed by atoms with Crippen molar-refractivity contribution in [2.75, 3.05) is 33.3 Å². The zero-order valence-corrected chi connectivity index (χ0v) is 16.1. The molecule has 0 saturated carbocycles. The van der Waals surface area contributed by atoms with Crippen LogP contribution in [0.1, 0.15) is 16.7 Å². The highest BCUT2D eigenvalue weighted by Crippen LogP contribution is 2.38. The Kier molecular flexibility index (Phi) is 6.28. The quantitative estimate of drug-likeness (QED) is 0.735. The number of amides is 1. The molecule has 26 heavy (non-hydrogen) atoms. The number of aryl methyl sites for hydroxylation is 2. The SMILES string of the molecule is COc1cc(/C=C/C(=O)N(C)c2cc(C)ccc2C)cc(OC)c1OC. The highest BCUT2D eigenvalue weighted by molar-refractivity contribution is 6.04. The van der Waals surface area contributed by atoms with Gasteiger partial charge in [-0.1, -0.05) is 12.1 Å². The van der Waals surface area contributed by atoms with Gasteiger partial charge in [-0.3, -0.25) is 4.79 Å². The zero-order valence-electron chi connectivity index (χ0n) is 16.1. The van der Waals surface area contributed by atoms with Crippen LogP contribution in [0.25, 0.3) is 6.08 Å². The maximum Gasteiger partial charge on any atom is 0.250 e. The van der Waals surface area contributed by atoms with Gasteiger partial charge in [-0.15, -0.1) is 0 Å². The summed E-state index contributed by atoms with van der Waals surface area (Å²) in [5.41, 5.74) is 3.83. The molecule has 0 radical (unpaired) electrons. The number of benzene rings is 2. The highest BCUT2D eigenvalue weighted by Gasteiger charge is 2.13. The Morgan fingerprint density at radius 1 is 0.962 bits per heavy atom. The van der Waals surface area contributed by atoms with Crippen LogP contribution in [-0.2, 0) is 4.79 Å². The average Bonchev–Trinajstić information content (AvgIpc) is 2.66. The van der Waals surface area contributed by atoms with E-state index in [9.17, 15) is 4.79 Å². The van der Waals surface area contributed by atoms with E-state index in [-0.39, 0.29) is 5.91 Å². The van der Waals surface area contributed by atoms with E-state index in [2.05, 4.69) is 0 Å². The third-order valence-electron chi connectivity index (χ3n) is 4.16. The molecule has 0 aliphatic carbocycles. The molecule has 0 fully saturated rings. The molecule has 5 heteroatoms. The molecule has 0 unspecified atom stereocenters. The number of hydrogen-bond donors (Lipinski definition) is 0. The second kappa shape index (κ2) is 8.43. The van der Waals surface area contributed by atoms with Gasteiger partial charge in [-0.25, -0.2) is 0 Å². The molecule has 0 saturated heterocycles. The predicted octanol–water partition coefficient (Wildman–Crippen LogP) is 4.01. The van der Waals surface area contributed by atoms with Crippen LogP contribution < -0.4 is 19.1 Å². The lowest BCUT2D eigenvalue weighted by Gasteiger charge is -2.18. The van der Waals surface area contributed by atoms with Crippen molar-refractivity contribution >= 4 is 17.7 Å². The van der Waals surface area contributed by atoms with E-state index >= 15 is 0 Å². The molecule has 0 aliphatic heterocycles. The molecule has 0 bridgehead atoms. The Morgan fingerprint density at radius 2 is 1.58 bits per heavy atom. The molecule has 2 aromatic rings. The smallest absolute Gasteiger partial charge is 0.250 e. The summed E-state index contributed by atoms with van der Waals surface area (Å²) in [6.45, 7) is 3.99. The third kappa shape index (κ3) is 4.17. The van der Waals surface area contributed by atoms with Crippen molar-refractivity contribution in [3.63, 3.8) is 0 Å². The van der Waals surface area contributed by atoms with Crippen LogP contribution in [0.4, 0.5) is 5.69 Å². The van der Waals surface area contributed by atoms with Crippen LogP contribution in [-0.4, -0.2) is 34.3 Å². The lowest BCUT2D eigenvalue weighted by molar-refractivity contribution is -0.113. The van der Waals surface area contributed by atoms with Crippen molar-refractivity contribution in [3.05, 3.63) is 53.1 Å². The number of methoxy groups -OCH3 is 3. The van der Waals surface area contributed by atoms with E-state index in [1.54, 1.807) is 51.5 Å². The summed E-state index contributed by atoms with van der Waals surface area (Å²) in [6.07, 6.45) is 3.26. The maximum atomic E-state index is 12.6. The summed E-state index contributed by atoms with van der Waals surface area (Å²) in [6, 6.07) is 9.63. The molecule has 0 N–H and O–H groups in total. The first-order chi connectivity index (χ1) is 12.4. The van der Waals surface area contributed by atoms with Crippen LogP contribution in [0.5, 0.6) is 17.2 Å². The minimum absolute atomic E-state index is 0.118. The lowest BCUT2D eigenvalue weighted by atomic mass is 10.1. The van der Waals surface area contributed by atoms with Crippen molar-refractivity contribution in [2.45, 2.75) is 13.8 Å². The summed E-state index contributed by atoms with van der Waals surface area (Å²) in [5, 5.41) is 0. The van der Waals surface area contributed by atoms with Gasteiger partial charge in [-0.05, 0) is 54.8 Å². The van der Waals surface area contributed by atoms with Gasteiger partial charge in [-0.2, -0.15) is 0 Å². The van der Waals surface area contributed by atoms with E-state index in [1.165, 1.54) is 6.08 Å². The lowest BCUT2D eigenvalue weighted by Crippen LogP contribution is -2.24. The monoisotopic (exact) mass is 355 g/mol. The Hall–Kier alpha value is -2.95. The minimum atomic E-state index is -0.118. The minimum Gasteiger partial charge on any atom is -0.493 e. The van der Waals surface area contributed by atoms with Crippen LogP contribution >= 0.6 is 0 Å². The van der Waals surface area contributed by atoms with Gasteiger partial charge < -0.3 is 19.1 Å². The number of likely N-dealkylation sites (N-methyl/N-ethyl adjacent to an activating group) is 1. The number of carbonyl (C=O) groups excluding carboxylic acids is 1. The molecular formula is C21H25NO4. The molecule has 2 rings (SSSR count). The predicted molar refractivity (Wildman–Crippen MR) is 104 cm³/mol. The van der Waals surface area contributed by atoms with E-state index in [0.717, 1.165) is 22.4 Å². The highest BCUT2D eigenvalue weighted by atomic mass is 16.5. The summed E-state index contributed by atoms with van der Waals surface area (Å²) < 4.78 is 16.0. The van der Waals surface area contributed by atoms with E-state index in [0.29, 0.717) is 17.2 Å². The summed E-state index contributed by atoms with van der Waals surface area (Å²) >= 11 is 0. The van der Waals surface area contributed by atoms with Crippen LogP contribution in [0.15, 0.2) is 36.4 Å². The molecule has 1 amide bonds. The second-order valence-electron chi connectivity index (χ2n) is 5.98. The standard InChI is InChI=1S/C21H25NO4/c1-14-7-8-15(2)17(11-14)22(3)20(23)10-9-16-12-18(24-4)21(26-6)19(13-16)25-5/h7-13H,1-6H3/b10-9+. The van der Waals surface area contributed by atoms with Gasteiger partial charge in [0, 0.05) is 18.8 Å². The fraction of sp³-hybridized carbons (Fsp3) is 0.286. The van der Waals surface area contributed by atoms with Crippen molar-refractivity contribution in [3.8, 4) is 17.2 Å². The molecule has 0 aromatic heterocycles. The van der Waals surface area contributed by atoms with Crippen molar-refractivity contribution in [2.24, 2.45) is 0 Å². The van der Waals surface area contributed by atoms with E-state index < -0.39 is 0 Å². The van der Waals surface area contributed by atoms with Crippen molar-refractivity contribution in [1.82, 2.24) is 0 Å². The normalized spacial score (nSPS) is 10.7. The van der Waals surface area contributed by atoms with Crippen LogP contribution in [0, 0.1) is 13.8 Å². The average molecular weight is 355 g/mol. The Labute approximate surface area is 154 Å². The van der Waals surface area contributed by atoms with Gasteiger partial charge >= 0.3 is 0 Å². The van der Waals surface area contributed by atoms with Gasteiger partial charge in [0.2, 0.25) is 5.75 Å². The Morgan fingerprint density at radius 3 is 2.12 bits per heavy atom. The van der Waals surface area contributed by atoms with Crippen molar-refractivity contribution < 1.29 is 19.0 Å². The second-order valence-corrected chi connectivity index (χ2v) is 5.98. The first kappa shape index (κ1) is 19.4. The molecule has 0 aliphatic rings. The molecule has 0 spiro atoms. The van der Waals surface area contributed by atoms with Gasteiger partial charge in [0.1, 0.15) is 0 Å². The summed E-state index contributed by atoms with van der Waals surface area (Å²) in [5.74, 6) is 1.49. The van der Waals surface area contributed by atoms with Crippen LogP contribution in [0.3, 0.4) is 0 Å². The van der Waals surface area contributed by atoms with Crippen molar-refractivity contribution in [1.29, 1.82) is 0 Å². The first-order valence-corrected chi connectivity index (χ1v) is 8.24. The van der Waals surface area contributed by atoms with Gasteiger partial charge in [0.15, 0.2) is 11.5 Å². The molecule has 0 atom stereocenters. The number of hydrogen-bond acceptors (Lipinski definition) is 4. The van der Waals surface area contributed by atoms with Crippen LogP contribution in [0.2, 0.25) is 0 Å². The fourth-order valence-corrected chi connectivity index (χ4v) is 2.68. The molecule has 5 nitrogen and oxygen atoms in total. The van der Waals surface area contributed by atoms with E-state index in [1.807, 2.05) is 32.0 Å². The topological polar surface area (TPSA) is 48.0 Å². The number of anilines is 1. The zero-order chi connectivity index (χ0) is 19.3. The Balaban J connectivity index is 2.28. The largest absolute Gasteiger partial charge is 0.493 e. The molecule has 138 valence electrons. The van der Waals surface area contributed by atoms with E-state index in [4.69, 9.17) is 14.2 Å². The van der Waals surface area contributed by atoms with Gasteiger partial charge in [0.05, 0.1) is 21.3 Å². The fourth-order valence-electron chi connectivity index (χ4n) is 2.68.